The van der Waals surface area contributed by atoms with Crippen molar-refractivity contribution in [1.29, 1.82) is 0 Å². The Morgan fingerprint density at radius 2 is 1.69 bits per heavy atom. The van der Waals surface area contributed by atoms with E-state index < -0.39 is 8.32 Å². The van der Waals surface area contributed by atoms with Crippen LogP contribution in [0.25, 0.3) is 5.57 Å². The first-order valence-corrected chi connectivity index (χ1v) is 12.7. The van der Waals surface area contributed by atoms with E-state index in [9.17, 15) is 0 Å². The average Bonchev–Trinajstić information content (AvgIpc) is 2.56. The van der Waals surface area contributed by atoms with Crippen molar-refractivity contribution in [3.63, 3.8) is 0 Å². The maximum absolute atomic E-state index is 6.74. The van der Waals surface area contributed by atoms with Crippen LogP contribution in [0, 0.1) is 0 Å². The second-order valence-corrected chi connectivity index (χ2v) is 14.0. The molecule has 26 heavy (non-hydrogen) atoms. The molecule has 0 radical (unpaired) electrons. The van der Waals surface area contributed by atoms with Crippen LogP contribution in [-0.4, -0.2) is 8.32 Å². The number of rotatable bonds is 3. The van der Waals surface area contributed by atoms with Crippen molar-refractivity contribution < 1.29 is 4.43 Å². The van der Waals surface area contributed by atoms with E-state index in [1.807, 2.05) is 18.2 Å². The maximum Gasteiger partial charge on any atom is 0.192 e. The third-order valence-corrected chi connectivity index (χ3v) is 10.8. The second kappa shape index (κ2) is 7.16. The van der Waals surface area contributed by atoms with Crippen LogP contribution < -0.4 is 0 Å². The van der Waals surface area contributed by atoms with Gasteiger partial charge in [-0.25, -0.2) is 0 Å². The summed E-state index contributed by atoms with van der Waals surface area (Å²) in [7, 11) is -1.85. The molecule has 0 spiro atoms. The molecule has 3 rings (SSSR count). The predicted octanol–water partition coefficient (Wildman–Crippen LogP) is 7.89. The van der Waals surface area contributed by atoms with Crippen molar-refractivity contribution >= 4 is 37.1 Å². The zero-order valence-electron chi connectivity index (χ0n) is 16.1. The molecule has 0 saturated carbocycles. The fourth-order valence-corrected chi connectivity index (χ4v) is 4.65. The van der Waals surface area contributed by atoms with Gasteiger partial charge in [0.25, 0.3) is 0 Å². The summed E-state index contributed by atoms with van der Waals surface area (Å²) >= 11 is 12.3. The van der Waals surface area contributed by atoms with E-state index in [0.717, 1.165) is 12.0 Å². The van der Waals surface area contributed by atoms with Gasteiger partial charge in [-0.05, 0) is 58.9 Å². The summed E-state index contributed by atoms with van der Waals surface area (Å²) in [6.07, 6.45) is 3.26. The second-order valence-electron chi connectivity index (χ2n) is 8.44. The molecule has 1 atom stereocenters. The van der Waals surface area contributed by atoms with Crippen molar-refractivity contribution in [2.45, 2.75) is 51.4 Å². The van der Waals surface area contributed by atoms with Gasteiger partial charge in [0.2, 0.25) is 0 Å². The van der Waals surface area contributed by atoms with Crippen LogP contribution in [0.4, 0.5) is 0 Å². The van der Waals surface area contributed by atoms with Gasteiger partial charge in [0.1, 0.15) is 0 Å². The standard InChI is InChI=1S/C22H26Cl2OSi/c1-22(2,3)26(4,5)25-21-13-11-16(17-8-6-7-9-18(17)21)15-10-12-19(23)20(24)14-15/h6-12,14,21H,13H2,1-5H3/t21-/m1/s1. The maximum atomic E-state index is 6.74. The highest BCUT2D eigenvalue weighted by atomic mass is 35.5. The lowest BCUT2D eigenvalue weighted by Gasteiger charge is -2.40. The van der Waals surface area contributed by atoms with Crippen LogP contribution >= 0.6 is 23.2 Å². The summed E-state index contributed by atoms with van der Waals surface area (Å²) < 4.78 is 6.74. The molecular formula is C22H26Cl2OSi. The molecule has 0 heterocycles. The highest BCUT2D eigenvalue weighted by Gasteiger charge is 2.40. The minimum atomic E-state index is -1.85. The van der Waals surface area contributed by atoms with Gasteiger partial charge in [0.05, 0.1) is 16.1 Å². The smallest absolute Gasteiger partial charge is 0.192 e. The van der Waals surface area contributed by atoms with Crippen molar-refractivity contribution in [3.05, 3.63) is 75.3 Å². The molecule has 0 aliphatic heterocycles. The summed E-state index contributed by atoms with van der Waals surface area (Å²) in [5, 5.41) is 1.36. The number of hydrogen-bond donors (Lipinski definition) is 0. The molecule has 0 bridgehead atoms. The average molecular weight is 405 g/mol. The van der Waals surface area contributed by atoms with Gasteiger partial charge in [-0.1, -0.05) is 80.4 Å². The van der Waals surface area contributed by atoms with Gasteiger partial charge >= 0.3 is 0 Å². The van der Waals surface area contributed by atoms with Crippen LogP contribution in [0.15, 0.2) is 48.5 Å². The van der Waals surface area contributed by atoms with E-state index in [0.29, 0.717) is 10.0 Å². The first kappa shape index (κ1) is 19.7. The molecule has 1 aliphatic carbocycles. The van der Waals surface area contributed by atoms with Crippen LogP contribution in [-0.2, 0) is 4.43 Å². The molecule has 1 nitrogen and oxygen atoms in total. The van der Waals surface area contributed by atoms with Gasteiger partial charge in [-0.3, -0.25) is 0 Å². The number of halogens is 2. The summed E-state index contributed by atoms with van der Waals surface area (Å²) in [4.78, 5) is 0. The first-order valence-electron chi connectivity index (χ1n) is 9.03. The van der Waals surface area contributed by atoms with Crippen molar-refractivity contribution in [3.8, 4) is 0 Å². The SMILES string of the molecule is CC(C)(C)[Si](C)(C)O[C@@H]1CC=C(c2ccc(Cl)c(Cl)c2)c2ccccc21. The molecule has 1 aliphatic rings. The minimum Gasteiger partial charge on any atom is -0.410 e. The van der Waals surface area contributed by atoms with Gasteiger partial charge in [0.15, 0.2) is 8.32 Å². The molecule has 0 saturated heterocycles. The molecule has 0 N–H and O–H groups in total. The molecule has 138 valence electrons. The first-order chi connectivity index (χ1) is 12.1. The number of fused-ring (bicyclic) bond motifs is 1. The fourth-order valence-electron chi connectivity index (χ4n) is 3.07. The Labute approximate surface area is 168 Å². The Balaban J connectivity index is 1.99. The van der Waals surface area contributed by atoms with E-state index in [2.05, 4.69) is 64.2 Å². The Kier molecular flexibility index (Phi) is 5.42. The highest BCUT2D eigenvalue weighted by Crippen LogP contribution is 2.45. The number of hydrogen-bond acceptors (Lipinski definition) is 1. The normalized spacial score (nSPS) is 17.7. The highest BCUT2D eigenvalue weighted by molar-refractivity contribution is 6.74. The Hall–Kier alpha value is -1.06. The van der Waals surface area contributed by atoms with Gasteiger partial charge in [-0.2, -0.15) is 0 Å². The third kappa shape index (κ3) is 3.79. The molecule has 2 aromatic carbocycles. The van der Waals surface area contributed by atoms with Gasteiger partial charge in [0, 0.05) is 0 Å². The summed E-state index contributed by atoms with van der Waals surface area (Å²) in [6.45, 7) is 11.5. The third-order valence-electron chi connectivity index (χ3n) is 5.61. The zero-order valence-corrected chi connectivity index (χ0v) is 18.6. The molecule has 0 fully saturated rings. The van der Waals surface area contributed by atoms with Crippen molar-refractivity contribution in [1.82, 2.24) is 0 Å². The predicted molar refractivity (Wildman–Crippen MR) is 116 cm³/mol. The number of benzene rings is 2. The summed E-state index contributed by atoms with van der Waals surface area (Å²) in [6, 6.07) is 14.4. The minimum absolute atomic E-state index is 0.110. The Morgan fingerprint density at radius 1 is 1.00 bits per heavy atom. The Morgan fingerprint density at radius 3 is 2.35 bits per heavy atom. The van der Waals surface area contributed by atoms with Crippen molar-refractivity contribution in [2.24, 2.45) is 0 Å². The van der Waals surface area contributed by atoms with Gasteiger partial charge < -0.3 is 4.43 Å². The van der Waals surface area contributed by atoms with E-state index >= 15 is 0 Å². The molecule has 0 aromatic heterocycles. The Bertz CT molecular complexity index is 849. The molecule has 0 unspecified atom stereocenters. The van der Waals surface area contributed by atoms with E-state index in [-0.39, 0.29) is 11.1 Å². The van der Waals surface area contributed by atoms with E-state index in [4.69, 9.17) is 27.6 Å². The van der Waals surface area contributed by atoms with Gasteiger partial charge in [-0.15, -0.1) is 0 Å². The lowest BCUT2D eigenvalue weighted by atomic mass is 9.85. The topological polar surface area (TPSA) is 9.23 Å². The largest absolute Gasteiger partial charge is 0.410 e. The monoisotopic (exact) mass is 404 g/mol. The van der Waals surface area contributed by atoms with Crippen LogP contribution in [0.3, 0.4) is 0 Å². The lowest BCUT2D eigenvalue weighted by molar-refractivity contribution is 0.185. The molecule has 4 heteroatoms. The zero-order chi connectivity index (χ0) is 19.1. The van der Waals surface area contributed by atoms with Crippen LogP contribution in [0.1, 0.15) is 50.0 Å². The van der Waals surface area contributed by atoms with Crippen LogP contribution in [0.2, 0.25) is 28.2 Å². The quantitative estimate of drug-likeness (QED) is 0.472. The van der Waals surface area contributed by atoms with E-state index in [1.165, 1.54) is 16.7 Å². The summed E-state index contributed by atoms with van der Waals surface area (Å²) in [5.74, 6) is 0. The molecular weight excluding hydrogens is 379 g/mol. The van der Waals surface area contributed by atoms with Crippen LogP contribution in [0.5, 0.6) is 0 Å². The van der Waals surface area contributed by atoms with E-state index in [1.54, 1.807) is 0 Å². The summed E-state index contributed by atoms with van der Waals surface area (Å²) in [5.41, 5.74) is 4.79. The lowest BCUT2D eigenvalue weighted by Crippen LogP contribution is -2.42. The van der Waals surface area contributed by atoms with Crippen molar-refractivity contribution in [2.75, 3.05) is 0 Å². The molecule has 2 aromatic rings. The molecule has 0 amide bonds. The fraction of sp³-hybridized carbons (Fsp3) is 0.364.